The Morgan fingerprint density at radius 3 is 2.51 bits per heavy atom. The molecule has 2 aromatic heterocycles. The number of amides is 2. The summed E-state index contributed by atoms with van der Waals surface area (Å²) in [5.74, 6) is -0.316. The minimum absolute atomic E-state index is 0.00969. The van der Waals surface area contributed by atoms with E-state index in [2.05, 4.69) is 11.9 Å². The largest absolute Gasteiger partial charge is 0.494 e. The molecule has 204 valence electrons. The van der Waals surface area contributed by atoms with Crippen molar-refractivity contribution in [3.63, 3.8) is 0 Å². The summed E-state index contributed by atoms with van der Waals surface area (Å²) in [4.78, 5) is 32.1. The first kappa shape index (κ1) is 27.3. The Morgan fingerprint density at radius 1 is 1.02 bits per heavy atom. The monoisotopic (exact) mass is 543 g/mol. The molecule has 1 aliphatic heterocycles. The van der Waals surface area contributed by atoms with Crippen LogP contribution in [0, 0.1) is 18.3 Å². The first-order valence-corrected chi connectivity index (χ1v) is 13.4. The average Bonchev–Trinajstić information content (AvgIpc) is 3.41. The van der Waals surface area contributed by atoms with Crippen LogP contribution in [0.3, 0.4) is 0 Å². The number of hydrogen-bond donors (Lipinski definition) is 0. The number of nitrogens with zero attached hydrogens (tertiary/aromatic N) is 5. The van der Waals surface area contributed by atoms with Crippen molar-refractivity contribution in [2.45, 2.75) is 33.7 Å². The molecule has 0 saturated carbocycles. The molecule has 0 saturated heterocycles. The first-order valence-electron chi connectivity index (χ1n) is 13.4. The highest BCUT2D eigenvalue weighted by Crippen LogP contribution is 2.34. The van der Waals surface area contributed by atoms with Gasteiger partial charge >= 0.3 is 0 Å². The second-order valence-electron chi connectivity index (χ2n) is 9.77. The van der Waals surface area contributed by atoms with Crippen LogP contribution in [0.4, 0.5) is 0 Å². The van der Waals surface area contributed by atoms with Crippen molar-refractivity contribution >= 4 is 17.9 Å². The van der Waals surface area contributed by atoms with E-state index < -0.39 is 11.8 Å². The van der Waals surface area contributed by atoms with Crippen molar-refractivity contribution in [1.82, 2.24) is 19.7 Å². The molecule has 2 aromatic carbocycles. The molecule has 8 nitrogen and oxygen atoms in total. The number of benzene rings is 2. The molecule has 0 bridgehead atoms. The quantitative estimate of drug-likeness (QED) is 0.205. The minimum atomic E-state index is -0.616. The molecule has 2 amide bonds. The zero-order valence-corrected chi connectivity index (χ0v) is 23.2. The van der Waals surface area contributed by atoms with Crippen LogP contribution in [0.25, 0.3) is 23.0 Å². The molecule has 5 rings (SSSR count). The Bertz CT molecular complexity index is 1710. The molecule has 3 heterocycles. The van der Waals surface area contributed by atoms with Crippen LogP contribution in [0.5, 0.6) is 5.75 Å². The van der Waals surface area contributed by atoms with Gasteiger partial charge < -0.3 is 4.74 Å². The van der Waals surface area contributed by atoms with Crippen LogP contribution in [-0.2, 0) is 16.1 Å². The van der Waals surface area contributed by atoms with Gasteiger partial charge in [0, 0.05) is 35.3 Å². The molecule has 4 aromatic rings. The fourth-order valence-corrected chi connectivity index (χ4v) is 4.73. The van der Waals surface area contributed by atoms with E-state index in [4.69, 9.17) is 9.84 Å². The highest BCUT2D eigenvalue weighted by atomic mass is 16.5. The highest BCUT2D eigenvalue weighted by molar-refractivity contribution is 6.19. The van der Waals surface area contributed by atoms with Crippen molar-refractivity contribution in [2.24, 2.45) is 0 Å². The van der Waals surface area contributed by atoms with Crippen LogP contribution in [0.2, 0.25) is 0 Å². The number of nitriles is 1. The number of carbonyl (C=O) groups excluding carboxylic acids is 2. The summed E-state index contributed by atoms with van der Waals surface area (Å²) in [7, 11) is 0. The van der Waals surface area contributed by atoms with Crippen LogP contribution in [-0.4, -0.2) is 38.1 Å². The topological polar surface area (TPSA) is 101 Å². The summed E-state index contributed by atoms with van der Waals surface area (Å²) in [6, 6.07) is 21.1. The van der Waals surface area contributed by atoms with Crippen molar-refractivity contribution in [3.8, 4) is 28.8 Å². The van der Waals surface area contributed by atoms with Gasteiger partial charge in [-0.05, 0) is 79.4 Å². The molecule has 8 heteroatoms. The third kappa shape index (κ3) is 5.56. The maximum Gasteiger partial charge on any atom is 0.271 e. The Kier molecular flexibility index (Phi) is 7.88. The summed E-state index contributed by atoms with van der Waals surface area (Å²) < 4.78 is 7.58. The average molecular weight is 544 g/mol. The summed E-state index contributed by atoms with van der Waals surface area (Å²) in [5, 5.41) is 14.8. The summed E-state index contributed by atoms with van der Waals surface area (Å²) in [6.45, 7) is 6.32. The number of aromatic nitrogens is 3. The van der Waals surface area contributed by atoms with E-state index in [1.165, 1.54) is 0 Å². The zero-order valence-electron chi connectivity index (χ0n) is 23.2. The van der Waals surface area contributed by atoms with Crippen LogP contribution < -0.4 is 4.74 Å². The Morgan fingerprint density at radius 2 is 1.83 bits per heavy atom. The maximum atomic E-state index is 13.8. The standard InChI is InChI=1S/C33H29N5O3/c1-4-15-41-27-12-13-28(22(2)16-27)31-25(21-38(36-31)26-10-6-5-7-11-26)17-29-23(3)30(18-34)33(40)37(32(29)39)20-24-9-8-14-35-19-24/h5-14,16-17,19,21H,4,15,20H2,1-3H3/b29-17+. The molecule has 0 aliphatic carbocycles. The Balaban J connectivity index is 1.64. The lowest BCUT2D eigenvalue weighted by atomic mass is 9.92. The van der Waals surface area contributed by atoms with Gasteiger partial charge in [0.1, 0.15) is 23.1 Å². The van der Waals surface area contributed by atoms with E-state index in [9.17, 15) is 14.9 Å². The van der Waals surface area contributed by atoms with E-state index in [-0.39, 0.29) is 17.7 Å². The normalized spacial score (nSPS) is 14.5. The molecule has 0 unspecified atom stereocenters. The predicted octanol–water partition coefficient (Wildman–Crippen LogP) is 5.82. The van der Waals surface area contributed by atoms with Crippen LogP contribution in [0.15, 0.2) is 96.0 Å². The fraction of sp³-hybridized carbons (Fsp3) is 0.182. The number of para-hydroxylation sites is 1. The molecule has 41 heavy (non-hydrogen) atoms. The van der Waals surface area contributed by atoms with E-state index >= 15 is 0 Å². The first-order chi connectivity index (χ1) is 19.9. The third-order valence-corrected chi connectivity index (χ3v) is 6.88. The second-order valence-corrected chi connectivity index (χ2v) is 9.77. The smallest absolute Gasteiger partial charge is 0.271 e. The van der Waals surface area contributed by atoms with Gasteiger partial charge in [0.15, 0.2) is 0 Å². The molecular weight excluding hydrogens is 514 g/mol. The van der Waals surface area contributed by atoms with Gasteiger partial charge in [0.05, 0.1) is 18.8 Å². The van der Waals surface area contributed by atoms with E-state index in [1.54, 1.807) is 42.2 Å². The lowest BCUT2D eigenvalue weighted by molar-refractivity contribution is -0.141. The van der Waals surface area contributed by atoms with E-state index in [1.807, 2.05) is 67.7 Å². The van der Waals surface area contributed by atoms with Gasteiger partial charge in [-0.15, -0.1) is 0 Å². The summed E-state index contributed by atoms with van der Waals surface area (Å²) >= 11 is 0. The number of imide groups is 1. The summed E-state index contributed by atoms with van der Waals surface area (Å²) in [6.07, 6.45) is 7.70. The van der Waals surface area contributed by atoms with E-state index in [0.717, 1.165) is 33.9 Å². The summed E-state index contributed by atoms with van der Waals surface area (Å²) in [5.41, 5.74) is 5.25. The fourth-order valence-electron chi connectivity index (χ4n) is 4.73. The molecular formula is C33H29N5O3. The van der Waals surface area contributed by atoms with Gasteiger partial charge in [-0.1, -0.05) is 31.2 Å². The number of carbonyl (C=O) groups is 2. The van der Waals surface area contributed by atoms with Gasteiger partial charge in [-0.25, -0.2) is 4.68 Å². The molecule has 0 spiro atoms. The Labute approximate surface area is 238 Å². The number of aryl methyl sites for hydroxylation is 1. The number of ether oxygens (including phenoxy) is 1. The second kappa shape index (κ2) is 11.8. The van der Waals surface area contributed by atoms with Gasteiger partial charge in [0.25, 0.3) is 11.8 Å². The van der Waals surface area contributed by atoms with Crippen molar-refractivity contribution in [1.29, 1.82) is 5.26 Å². The van der Waals surface area contributed by atoms with Gasteiger partial charge in [-0.3, -0.25) is 19.5 Å². The van der Waals surface area contributed by atoms with Gasteiger partial charge in [-0.2, -0.15) is 10.4 Å². The molecule has 0 fully saturated rings. The van der Waals surface area contributed by atoms with E-state index in [0.29, 0.717) is 29.0 Å². The highest BCUT2D eigenvalue weighted by Gasteiger charge is 2.35. The van der Waals surface area contributed by atoms with Crippen LogP contribution in [0.1, 0.15) is 37.0 Å². The van der Waals surface area contributed by atoms with Crippen LogP contribution >= 0.6 is 0 Å². The maximum absolute atomic E-state index is 13.8. The molecule has 0 radical (unpaired) electrons. The number of hydrogen-bond acceptors (Lipinski definition) is 6. The SMILES string of the molecule is CCCOc1ccc(-c2nn(-c3ccccc3)cc2/C=C2/C(=O)N(Cc3cccnc3)C(=O)C(C#N)=C2C)c(C)c1. The predicted molar refractivity (Wildman–Crippen MR) is 156 cm³/mol. The number of rotatable bonds is 8. The number of pyridine rings is 1. The molecule has 1 aliphatic rings. The zero-order chi connectivity index (χ0) is 28.9. The van der Waals surface area contributed by atoms with Crippen molar-refractivity contribution in [3.05, 3.63) is 113 Å². The third-order valence-electron chi connectivity index (χ3n) is 6.88. The minimum Gasteiger partial charge on any atom is -0.494 e. The molecule has 0 atom stereocenters. The molecule has 0 N–H and O–H groups in total. The Hall–Kier alpha value is -5.29. The van der Waals surface area contributed by atoms with Crippen molar-refractivity contribution < 1.29 is 14.3 Å². The van der Waals surface area contributed by atoms with Gasteiger partial charge in [0.2, 0.25) is 0 Å². The lowest BCUT2D eigenvalue weighted by Gasteiger charge is -2.27. The lowest BCUT2D eigenvalue weighted by Crippen LogP contribution is -2.42. The van der Waals surface area contributed by atoms with Crippen molar-refractivity contribution in [2.75, 3.05) is 6.61 Å².